The van der Waals surface area contributed by atoms with E-state index < -0.39 is 0 Å². The van der Waals surface area contributed by atoms with Crippen LogP contribution in [0.15, 0.2) is 18.2 Å². The number of hydrogen-bond donors (Lipinski definition) is 1. The molecule has 2 aromatic rings. The molecule has 0 saturated carbocycles. The summed E-state index contributed by atoms with van der Waals surface area (Å²) in [6, 6.07) is 6.30. The molecule has 0 aliphatic heterocycles. The molecule has 0 fully saturated rings. The van der Waals surface area contributed by atoms with Gasteiger partial charge in [-0.05, 0) is 26.0 Å². The summed E-state index contributed by atoms with van der Waals surface area (Å²) >= 11 is 0. The zero-order chi connectivity index (χ0) is 14.0. The van der Waals surface area contributed by atoms with Crippen LogP contribution in [0.5, 0.6) is 0 Å². The zero-order valence-electron chi connectivity index (χ0n) is 12.0. The highest BCUT2D eigenvalue weighted by atomic mass is 15.3. The second kappa shape index (κ2) is 5.22. The van der Waals surface area contributed by atoms with E-state index in [2.05, 4.69) is 52.3 Å². The molecule has 1 aromatic heterocycles. The molecule has 0 atom stereocenters. The summed E-state index contributed by atoms with van der Waals surface area (Å²) in [5, 5.41) is 2.97. The lowest BCUT2D eigenvalue weighted by Crippen LogP contribution is -2.15. The normalized spacial score (nSPS) is 10.4. The maximum Gasteiger partial charge on any atom is 0.230 e. The summed E-state index contributed by atoms with van der Waals surface area (Å²) in [6.07, 6.45) is 0. The lowest BCUT2D eigenvalue weighted by atomic mass is 10.1. The van der Waals surface area contributed by atoms with E-state index in [-0.39, 0.29) is 0 Å². The summed E-state index contributed by atoms with van der Waals surface area (Å²) in [7, 11) is 5.64. The van der Waals surface area contributed by atoms with Crippen molar-refractivity contribution in [2.75, 3.05) is 31.4 Å². The van der Waals surface area contributed by atoms with Crippen molar-refractivity contribution in [3.05, 3.63) is 29.3 Å². The van der Waals surface area contributed by atoms with E-state index in [1.54, 1.807) is 7.05 Å². The molecule has 0 saturated heterocycles. The first-order valence-corrected chi connectivity index (χ1v) is 6.19. The molecule has 0 aliphatic carbocycles. The van der Waals surface area contributed by atoms with Crippen LogP contribution in [0, 0.1) is 13.8 Å². The van der Waals surface area contributed by atoms with E-state index in [1.807, 2.05) is 19.0 Å². The number of nitrogens with one attached hydrogen (secondary N) is 1. The van der Waals surface area contributed by atoms with Gasteiger partial charge in [0.1, 0.15) is 0 Å². The molecule has 100 valence electrons. The van der Waals surface area contributed by atoms with Crippen molar-refractivity contribution in [2.45, 2.75) is 13.8 Å². The average Bonchev–Trinajstić information content (AvgIpc) is 2.37. The zero-order valence-corrected chi connectivity index (χ0v) is 12.0. The van der Waals surface area contributed by atoms with Crippen molar-refractivity contribution >= 4 is 11.9 Å². The lowest BCUT2D eigenvalue weighted by Gasteiger charge is -2.13. The topological polar surface area (TPSA) is 53.9 Å². The van der Waals surface area contributed by atoms with Crippen molar-refractivity contribution in [3.8, 4) is 11.4 Å². The molecule has 1 N–H and O–H groups in total. The Morgan fingerprint density at radius 3 is 2.11 bits per heavy atom. The van der Waals surface area contributed by atoms with Crippen molar-refractivity contribution in [1.82, 2.24) is 15.0 Å². The van der Waals surface area contributed by atoms with Gasteiger partial charge in [-0.3, -0.25) is 0 Å². The third kappa shape index (κ3) is 2.99. The highest BCUT2D eigenvalue weighted by Gasteiger charge is 2.09. The van der Waals surface area contributed by atoms with Gasteiger partial charge in [-0.25, -0.2) is 0 Å². The van der Waals surface area contributed by atoms with Crippen LogP contribution in [0.2, 0.25) is 0 Å². The molecule has 0 bridgehead atoms. The van der Waals surface area contributed by atoms with Crippen LogP contribution >= 0.6 is 0 Å². The molecule has 0 unspecified atom stereocenters. The van der Waals surface area contributed by atoms with E-state index in [0.29, 0.717) is 17.7 Å². The summed E-state index contributed by atoms with van der Waals surface area (Å²) in [4.78, 5) is 15.1. The summed E-state index contributed by atoms with van der Waals surface area (Å²) in [5.74, 6) is 1.91. The highest BCUT2D eigenvalue weighted by molar-refractivity contribution is 5.60. The number of benzene rings is 1. The highest BCUT2D eigenvalue weighted by Crippen LogP contribution is 2.21. The van der Waals surface area contributed by atoms with Gasteiger partial charge < -0.3 is 10.2 Å². The van der Waals surface area contributed by atoms with Gasteiger partial charge in [0.15, 0.2) is 5.82 Å². The summed E-state index contributed by atoms with van der Waals surface area (Å²) in [6.45, 7) is 4.15. The first kappa shape index (κ1) is 13.3. The molecule has 0 aliphatic rings. The number of rotatable bonds is 3. The van der Waals surface area contributed by atoms with Gasteiger partial charge in [0.2, 0.25) is 11.9 Å². The Hall–Kier alpha value is -2.17. The fourth-order valence-corrected chi connectivity index (χ4v) is 1.91. The van der Waals surface area contributed by atoms with E-state index in [1.165, 1.54) is 11.1 Å². The van der Waals surface area contributed by atoms with Gasteiger partial charge in [0, 0.05) is 26.7 Å². The summed E-state index contributed by atoms with van der Waals surface area (Å²) in [5.41, 5.74) is 3.42. The smallest absolute Gasteiger partial charge is 0.230 e. The van der Waals surface area contributed by atoms with Crippen LogP contribution in [0.1, 0.15) is 11.1 Å². The average molecular weight is 257 g/mol. The van der Waals surface area contributed by atoms with Crippen molar-refractivity contribution in [1.29, 1.82) is 0 Å². The van der Waals surface area contributed by atoms with Crippen LogP contribution in [0.3, 0.4) is 0 Å². The quantitative estimate of drug-likeness (QED) is 0.914. The maximum atomic E-state index is 4.50. The predicted molar refractivity (Wildman–Crippen MR) is 78.6 cm³/mol. The Balaban J connectivity index is 2.57. The first-order chi connectivity index (χ1) is 8.99. The standard InChI is InChI=1S/C14H19N5/c1-9-6-10(2)8-11(7-9)12-16-13(15-3)18-14(17-12)19(4)5/h6-8H,1-5H3,(H,15,16,17,18). The number of anilines is 2. The molecule has 1 aromatic carbocycles. The minimum Gasteiger partial charge on any atom is -0.357 e. The third-order valence-electron chi connectivity index (χ3n) is 2.73. The van der Waals surface area contributed by atoms with Crippen molar-refractivity contribution in [2.24, 2.45) is 0 Å². The number of nitrogens with zero attached hydrogens (tertiary/aromatic N) is 4. The van der Waals surface area contributed by atoms with Gasteiger partial charge >= 0.3 is 0 Å². The van der Waals surface area contributed by atoms with Gasteiger partial charge in [-0.1, -0.05) is 17.2 Å². The Morgan fingerprint density at radius 2 is 1.58 bits per heavy atom. The molecule has 5 nitrogen and oxygen atoms in total. The molecule has 2 rings (SSSR count). The molecule has 0 amide bonds. The van der Waals surface area contributed by atoms with Crippen LogP contribution < -0.4 is 10.2 Å². The molecule has 5 heteroatoms. The van der Waals surface area contributed by atoms with Crippen LogP contribution in [0.4, 0.5) is 11.9 Å². The lowest BCUT2D eigenvalue weighted by molar-refractivity contribution is 0.963. The number of aryl methyl sites for hydroxylation is 2. The van der Waals surface area contributed by atoms with Crippen LogP contribution in [0.25, 0.3) is 11.4 Å². The van der Waals surface area contributed by atoms with Crippen molar-refractivity contribution in [3.63, 3.8) is 0 Å². The Bertz CT molecular complexity index is 572. The Kier molecular flexibility index (Phi) is 3.64. The minimum atomic E-state index is 0.577. The number of aromatic nitrogens is 3. The molecular formula is C14H19N5. The fraction of sp³-hybridized carbons (Fsp3) is 0.357. The van der Waals surface area contributed by atoms with Gasteiger partial charge in [0.05, 0.1) is 0 Å². The Labute approximate surface area is 113 Å². The Morgan fingerprint density at radius 1 is 0.947 bits per heavy atom. The fourth-order valence-electron chi connectivity index (χ4n) is 1.91. The largest absolute Gasteiger partial charge is 0.357 e. The van der Waals surface area contributed by atoms with E-state index in [4.69, 9.17) is 0 Å². The van der Waals surface area contributed by atoms with Crippen LogP contribution in [-0.4, -0.2) is 36.1 Å². The predicted octanol–water partition coefficient (Wildman–Crippen LogP) is 2.26. The molecule has 0 spiro atoms. The van der Waals surface area contributed by atoms with E-state index in [9.17, 15) is 0 Å². The second-order valence-corrected chi connectivity index (χ2v) is 4.80. The van der Waals surface area contributed by atoms with E-state index in [0.717, 1.165) is 5.56 Å². The SMILES string of the molecule is CNc1nc(-c2cc(C)cc(C)c2)nc(N(C)C)n1. The number of hydrogen-bond acceptors (Lipinski definition) is 5. The minimum absolute atomic E-state index is 0.577. The van der Waals surface area contributed by atoms with Crippen LogP contribution in [-0.2, 0) is 0 Å². The first-order valence-electron chi connectivity index (χ1n) is 6.19. The molecule has 0 radical (unpaired) electrons. The molecular weight excluding hydrogens is 238 g/mol. The second-order valence-electron chi connectivity index (χ2n) is 4.80. The molecule has 19 heavy (non-hydrogen) atoms. The van der Waals surface area contributed by atoms with E-state index >= 15 is 0 Å². The van der Waals surface area contributed by atoms with Crippen molar-refractivity contribution < 1.29 is 0 Å². The third-order valence-corrected chi connectivity index (χ3v) is 2.73. The monoisotopic (exact) mass is 257 g/mol. The van der Waals surface area contributed by atoms with Gasteiger partial charge in [0.25, 0.3) is 0 Å². The summed E-state index contributed by atoms with van der Waals surface area (Å²) < 4.78 is 0. The van der Waals surface area contributed by atoms with Gasteiger partial charge in [-0.15, -0.1) is 0 Å². The maximum absolute atomic E-state index is 4.50. The van der Waals surface area contributed by atoms with Gasteiger partial charge in [-0.2, -0.15) is 15.0 Å². The molecule has 1 heterocycles.